The van der Waals surface area contributed by atoms with Crippen molar-refractivity contribution >= 4 is 23.6 Å². The van der Waals surface area contributed by atoms with Crippen LogP contribution in [0.2, 0.25) is 5.54 Å². The fourth-order valence-electron chi connectivity index (χ4n) is 3.57. The average molecular weight is 315 g/mol. The minimum Gasteiger partial charge on any atom is -0.103 e. The van der Waals surface area contributed by atoms with Gasteiger partial charge in [-0.05, 0) is 21.1 Å². The van der Waals surface area contributed by atoms with Gasteiger partial charge in [-0.15, -0.1) is 6.58 Å². The molecule has 1 heteroatoms. The van der Waals surface area contributed by atoms with Crippen LogP contribution in [0.1, 0.15) is 6.92 Å². The van der Waals surface area contributed by atoms with Gasteiger partial charge in [-0.2, -0.15) is 0 Å². The SMILES string of the molecule is C=CC(C)[Si](c1ccccc1)(c1ccccc1)c1ccccc1. The number of benzene rings is 3. The fraction of sp³-hybridized carbons (Fsp3) is 0.0909. The molecule has 0 aliphatic rings. The second kappa shape index (κ2) is 6.80. The molecule has 0 saturated heterocycles. The van der Waals surface area contributed by atoms with Gasteiger partial charge in [0.1, 0.15) is 0 Å². The molecule has 23 heavy (non-hydrogen) atoms. The van der Waals surface area contributed by atoms with E-state index in [1.807, 2.05) is 0 Å². The van der Waals surface area contributed by atoms with Crippen molar-refractivity contribution in [3.05, 3.63) is 104 Å². The predicted octanol–water partition coefficient (Wildman–Crippen LogP) is 3.73. The van der Waals surface area contributed by atoms with Crippen molar-refractivity contribution in [2.24, 2.45) is 0 Å². The Morgan fingerprint density at radius 3 is 1.22 bits per heavy atom. The van der Waals surface area contributed by atoms with Gasteiger partial charge < -0.3 is 0 Å². The Labute approximate surface area is 140 Å². The van der Waals surface area contributed by atoms with Crippen molar-refractivity contribution in [3.63, 3.8) is 0 Å². The van der Waals surface area contributed by atoms with Crippen molar-refractivity contribution in [1.82, 2.24) is 0 Å². The van der Waals surface area contributed by atoms with E-state index < -0.39 is 8.07 Å². The maximum atomic E-state index is 4.14. The molecule has 3 rings (SSSR count). The summed E-state index contributed by atoms with van der Waals surface area (Å²) in [5, 5.41) is 4.31. The van der Waals surface area contributed by atoms with Crippen LogP contribution in [0.15, 0.2) is 104 Å². The summed E-state index contributed by atoms with van der Waals surface area (Å²) in [5.74, 6) is 0. The molecule has 0 radical (unpaired) electrons. The summed E-state index contributed by atoms with van der Waals surface area (Å²) in [6.45, 7) is 6.45. The van der Waals surface area contributed by atoms with E-state index in [0.29, 0.717) is 5.54 Å². The molecular weight excluding hydrogens is 292 g/mol. The first-order valence-electron chi connectivity index (χ1n) is 8.09. The highest BCUT2D eigenvalue weighted by Gasteiger charge is 2.42. The van der Waals surface area contributed by atoms with E-state index in [4.69, 9.17) is 0 Å². The molecule has 3 aromatic rings. The zero-order chi connectivity index (χ0) is 16.1. The largest absolute Gasteiger partial charge is 0.154 e. The molecule has 0 N–H and O–H groups in total. The third-order valence-electron chi connectivity index (χ3n) is 4.72. The number of allylic oxidation sites excluding steroid dienone is 1. The summed E-state index contributed by atoms with van der Waals surface area (Å²) in [6.07, 6.45) is 2.12. The highest BCUT2D eigenvalue weighted by molar-refractivity contribution is 7.12. The summed E-state index contributed by atoms with van der Waals surface area (Å²) in [7, 11) is -2.15. The van der Waals surface area contributed by atoms with E-state index in [-0.39, 0.29) is 0 Å². The Hall–Kier alpha value is -2.38. The quantitative estimate of drug-likeness (QED) is 0.382. The molecule has 0 aromatic heterocycles. The van der Waals surface area contributed by atoms with Gasteiger partial charge in [0.05, 0.1) is 0 Å². The normalized spacial score (nSPS) is 12.6. The maximum absolute atomic E-state index is 4.14. The lowest BCUT2D eigenvalue weighted by Gasteiger charge is -2.37. The molecule has 0 bridgehead atoms. The molecule has 0 aliphatic carbocycles. The van der Waals surface area contributed by atoms with Gasteiger partial charge in [-0.1, -0.05) is 104 Å². The van der Waals surface area contributed by atoms with Crippen LogP contribution in [0.5, 0.6) is 0 Å². The minimum atomic E-state index is -2.15. The Bertz CT molecular complexity index is 651. The third-order valence-corrected chi connectivity index (χ3v) is 10.1. The molecule has 0 saturated carbocycles. The van der Waals surface area contributed by atoms with E-state index in [9.17, 15) is 0 Å². The van der Waals surface area contributed by atoms with E-state index >= 15 is 0 Å². The van der Waals surface area contributed by atoms with Crippen LogP contribution in [0.4, 0.5) is 0 Å². The number of hydrogen-bond acceptors (Lipinski definition) is 0. The lowest BCUT2D eigenvalue weighted by Crippen LogP contribution is -2.69. The summed E-state index contributed by atoms with van der Waals surface area (Å²) in [5.41, 5.74) is 0.398. The van der Waals surface area contributed by atoms with Crippen LogP contribution in [-0.4, -0.2) is 8.07 Å². The molecule has 0 amide bonds. The molecule has 0 heterocycles. The van der Waals surface area contributed by atoms with E-state index in [0.717, 1.165) is 0 Å². The zero-order valence-corrected chi connectivity index (χ0v) is 14.5. The molecule has 3 aromatic carbocycles. The van der Waals surface area contributed by atoms with Crippen molar-refractivity contribution in [2.75, 3.05) is 0 Å². The van der Waals surface area contributed by atoms with Gasteiger partial charge in [0, 0.05) is 0 Å². The second-order valence-electron chi connectivity index (χ2n) is 5.93. The van der Waals surface area contributed by atoms with Crippen molar-refractivity contribution in [1.29, 1.82) is 0 Å². The number of hydrogen-bond donors (Lipinski definition) is 0. The maximum Gasteiger partial charge on any atom is 0.154 e. The van der Waals surface area contributed by atoms with Gasteiger partial charge in [0.15, 0.2) is 8.07 Å². The van der Waals surface area contributed by atoms with Crippen LogP contribution in [0.3, 0.4) is 0 Å². The van der Waals surface area contributed by atoms with E-state index in [2.05, 4.69) is 111 Å². The molecule has 114 valence electrons. The van der Waals surface area contributed by atoms with Crippen LogP contribution >= 0.6 is 0 Å². The Balaban J connectivity index is 2.38. The van der Waals surface area contributed by atoms with Crippen molar-refractivity contribution in [3.8, 4) is 0 Å². The van der Waals surface area contributed by atoms with Gasteiger partial charge in [-0.3, -0.25) is 0 Å². The van der Waals surface area contributed by atoms with Gasteiger partial charge >= 0.3 is 0 Å². The predicted molar refractivity (Wildman–Crippen MR) is 104 cm³/mol. The fourth-order valence-corrected chi connectivity index (χ4v) is 8.65. The Morgan fingerprint density at radius 2 is 0.957 bits per heavy atom. The zero-order valence-electron chi connectivity index (χ0n) is 13.5. The summed E-state index contributed by atoms with van der Waals surface area (Å²) >= 11 is 0. The summed E-state index contributed by atoms with van der Waals surface area (Å²) < 4.78 is 0. The minimum absolute atomic E-state index is 0.398. The Kier molecular flexibility index (Phi) is 4.59. The topological polar surface area (TPSA) is 0 Å². The number of rotatable bonds is 5. The molecular formula is C22H22Si. The first-order valence-corrected chi connectivity index (χ1v) is 10.2. The van der Waals surface area contributed by atoms with Crippen molar-refractivity contribution in [2.45, 2.75) is 12.5 Å². The molecule has 0 aliphatic heterocycles. The van der Waals surface area contributed by atoms with Crippen molar-refractivity contribution < 1.29 is 0 Å². The first-order chi connectivity index (χ1) is 11.3. The highest BCUT2D eigenvalue weighted by atomic mass is 28.3. The van der Waals surface area contributed by atoms with Gasteiger partial charge in [0.2, 0.25) is 0 Å². The first kappa shape index (κ1) is 15.5. The van der Waals surface area contributed by atoms with Gasteiger partial charge in [-0.25, -0.2) is 0 Å². The molecule has 0 spiro atoms. The molecule has 1 unspecified atom stereocenters. The lowest BCUT2D eigenvalue weighted by molar-refractivity contribution is 1.16. The van der Waals surface area contributed by atoms with Crippen LogP contribution in [-0.2, 0) is 0 Å². The average Bonchev–Trinajstić information content (AvgIpc) is 2.65. The van der Waals surface area contributed by atoms with E-state index in [1.54, 1.807) is 0 Å². The molecule has 1 atom stereocenters. The molecule has 0 fully saturated rings. The third kappa shape index (κ3) is 2.69. The second-order valence-corrected chi connectivity index (χ2v) is 10.2. The van der Waals surface area contributed by atoms with Gasteiger partial charge in [0.25, 0.3) is 0 Å². The summed E-state index contributed by atoms with van der Waals surface area (Å²) in [4.78, 5) is 0. The smallest absolute Gasteiger partial charge is 0.103 e. The standard InChI is InChI=1S/C22H22Si/c1-3-19(2)23(20-13-7-4-8-14-20,21-15-9-5-10-16-21)22-17-11-6-12-18-22/h3-19H,1H2,2H3. The van der Waals surface area contributed by atoms with E-state index in [1.165, 1.54) is 15.6 Å². The van der Waals surface area contributed by atoms with Crippen LogP contribution in [0, 0.1) is 0 Å². The summed E-state index contributed by atoms with van der Waals surface area (Å²) in [6, 6.07) is 32.9. The molecule has 0 nitrogen and oxygen atoms in total. The Morgan fingerprint density at radius 1 is 0.652 bits per heavy atom. The monoisotopic (exact) mass is 314 g/mol. The van der Waals surface area contributed by atoms with Crippen LogP contribution in [0.25, 0.3) is 0 Å². The van der Waals surface area contributed by atoms with Crippen LogP contribution < -0.4 is 15.6 Å². The highest BCUT2D eigenvalue weighted by Crippen LogP contribution is 2.23. The lowest BCUT2D eigenvalue weighted by atomic mass is 10.3.